The van der Waals surface area contributed by atoms with E-state index in [2.05, 4.69) is 84.3 Å². The summed E-state index contributed by atoms with van der Waals surface area (Å²) < 4.78 is 2.06. The van der Waals surface area contributed by atoms with Crippen molar-refractivity contribution in [3.63, 3.8) is 0 Å². The molecule has 2 aromatic carbocycles. The quantitative estimate of drug-likeness (QED) is 0.444. The fourth-order valence-corrected chi connectivity index (χ4v) is 3.57. The smallest absolute Gasteiger partial charge is 0.241 e. The third-order valence-corrected chi connectivity index (χ3v) is 4.91. The van der Waals surface area contributed by atoms with Crippen LogP contribution in [0.5, 0.6) is 0 Å². The van der Waals surface area contributed by atoms with Crippen LogP contribution in [-0.4, -0.2) is 10.1 Å². The van der Waals surface area contributed by atoms with Crippen LogP contribution in [-0.2, 0) is 0 Å². The number of benzene rings is 2. The average Bonchev–Trinajstić information content (AvgIpc) is 3.01. The lowest BCUT2D eigenvalue weighted by Crippen LogP contribution is -2.27. The number of nitrogens with one attached hydrogen (secondary N) is 1. The molecule has 0 saturated heterocycles. The van der Waals surface area contributed by atoms with Gasteiger partial charge >= 0.3 is 0 Å². The van der Waals surface area contributed by atoms with Gasteiger partial charge in [-0.25, -0.2) is 4.98 Å². The van der Waals surface area contributed by atoms with Crippen LogP contribution in [0.2, 0.25) is 0 Å². The summed E-state index contributed by atoms with van der Waals surface area (Å²) in [5.74, 6) is 0. The standard InChI is InChI=1S/C22H17N3/c1-14-7-9-16(10-8-14)19-13-21-22-18(11-12-25(21)24-15(19)2)17-5-3-4-6-20(17)23-22/h3-13H,1-2H3/p+1. The van der Waals surface area contributed by atoms with Crippen molar-refractivity contribution in [1.29, 1.82) is 0 Å². The van der Waals surface area contributed by atoms with Crippen LogP contribution in [0.4, 0.5) is 0 Å². The number of nitrogens with zero attached hydrogens (tertiary/aromatic N) is 2. The first-order valence-electron chi connectivity index (χ1n) is 8.50. The molecule has 0 fully saturated rings. The van der Waals surface area contributed by atoms with Crippen molar-refractivity contribution in [3.05, 3.63) is 78.1 Å². The molecule has 5 aromatic rings. The van der Waals surface area contributed by atoms with E-state index in [-0.39, 0.29) is 0 Å². The lowest BCUT2D eigenvalue weighted by molar-refractivity contribution is -0.580. The van der Waals surface area contributed by atoms with Gasteiger partial charge in [0, 0.05) is 28.5 Å². The minimum absolute atomic E-state index is 1.04. The van der Waals surface area contributed by atoms with E-state index in [1.807, 2.05) is 6.07 Å². The second kappa shape index (κ2) is 5.15. The molecule has 0 saturated carbocycles. The third-order valence-electron chi connectivity index (χ3n) is 4.91. The topological polar surface area (TPSA) is 32.8 Å². The Hall–Kier alpha value is -3.20. The molecule has 0 spiro atoms. The molecule has 3 heteroatoms. The van der Waals surface area contributed by atoms with Crippen LogP contribution in [0.25, 0.3) is 38.4 Å². The maximum atomic E-state index is 4.88. The zero-order valence-corrected chi connectivity index (χ0v) is 14.2. The Bertz CT molecular complexity index is 1250. The predicted octanol–water partition coefficient (Wildman–Crippen LogP) is 4.74. The molecule has 3 nitrogen and oxygen atoms in total. The molecule has 3 aromatic heterocycles. The number of hydrogen-bond acceptors (Lipinski definition) is 1. The molecule has 0 atom stereocenters. The van der Waals surface area contributed by atoms with Gasteiger partial charge in [-0.05, 0) is 25.5 Å². The molecule has 5 rings (SSSR count). The SMILES string of the molecule is Cc1ccc(-c2cc3c4nc5ccccc5c4cc[n+]3[nH]c2C)cc1. The van der Waals surface area contributed by atoms with Crippen LogP contribution in [0, 0.1) is 13.8 Å². The number of H-pyrrole nitrogens is 1. The Morgan fingerprint density at radius 2 is 1.68 bits per heavy atom. The van der Waals surface area contributed by atoms with Gasteiger partial charge in [0.25, 0.3) is 5.52 Å². The maximum absolute atomic E-state index is 4.88. The number of fused-ring (bicyclic) bond motifs is 5. The van der Waals surface area contributed by atoms with E-state index < -0.39 is 0 Å². The largest absolute Gasteiger partial charge is 0.262 e. The molecule has 3 heterocycles. The van der Waals surface area contributed by atoms with E-state index in [9.17, 15) is 0 Å². The molecule has 0 amide bonds. The van der Waals surface area contributed by atoms with Crippen LogP contribution >= 0.6 is 0 Å². The van der Waals surface area contributed by atoms with Gasteiger partial charge in [-0.3, -0.25) is 0 Å². The van der Waals surface area contributed by atoms with Gasteiger partial charge in [0.1, 0.15) is 5.52 Å². The van der Waals surface area contributed by atoms with Crippen molar-refractivity contribution in [2.75, 3.05) is 0 Å². The minimum Gasteiger partial charge on any atom is -0.241 e. The molecule has 0 aliphatic heterocycles. The van der Waals surface area contributed by atoms with Crippen molar-refractivity contribution in [2.45, 2.75) is 13.8 Å². The highest BCUT2D eigenvalue weighted by molar-refractivity contribution is 6.11. The first-order valence-corrected chi connectivity index (χ1v) is 8.50. The third kappa shape index (κ3) is 2.13. The number of para-hydroxylation sites is 1. The van der Waals surface area contributed by atoms with Crippen molar-refractivity contribution in [3.8, 4) is 11.1 Å². The summed E-state index contributed by atoms with van der Waals surface area (Å²) in [6.07, 6.45) is 2.08. The molecule has 0 aliphatic rings. The molecule has 0 aliphatic carbocycles. The van der Waals surface area contributed by atoms with E-state index in [1.165, 1.54) is 27.5 Å². The Kier molecular flexibility index (Phi) is 2.92. The number of hydrogen-bond donors (Lipinski definition) is 1. The van der Waals surface area contributed by atoms with Gasteiger partial charge in [0.15, 0.2) is 0 Å². The van der Waals surface area contributed by atoms with Gasteiger partial charge < -0.3 is 0 Å². The number of aromatic nitrogens is 3. The van der Waals surface area contributed by atoms with Crippen LogP contribution in [0.15, 0.2) is 66.9 Å². The molecule has 1 N–H and O–H groups in total. The minimum atomic E-state index is 1.04. The van der Waals surface area contributed by atoms with Crippen molar-refractivity contribution < 1.29 is 4.52 Å². The summed E-state index contributed by atoms with van der Waals surface area (Å²) in [5.41, 5.74) is 8.00. The monoisotopic (exact) mass is 324 g/mol. The summed E-state index contributed by atoms with van der Waals surface area (Å²) in [6, 6.07) is 21.4. The van der Waals surface area contributed by atoms with E-state index in [0.717, 1.165) is 22.2 Å². The molecule has 25 heavy (non-hydrogen) atoms. The fraction of sp³-hybridized carbons (Fsp3) is 0.0909. The lowest BCUT2D eigenvalue weighted by Gasteiger charge is -2.06. The van der Waals surface area contributed by atoms with Crippen molar-refractivity contribution in [2.24, 2.45) is 0 Å². The second-order valence-electron chi connectivity index (χ2n) is 6.62. The predicted molar refractivity (Wildman–Crippen MR) is 102 cm³/mol. The first-order chi connectivity index (χ1) is 12.2. The summed E-state index contributed by atoms with van der Waals surface area (Å²) in [7, 11) is 0. The van der Waals surface area contributed by atoms with Gasteiger partial charge in [0.05, 0.1) is 11.2 Å². The molecule has 120 valence electrons. The summed E-state index contributed by atoms with van der Waals surface area (Å²) >= 11 is 0. The number of pyridine rings is 1. The van der Waals surface area contributed by atoms with Crippen molar-refractivity contribution in [1.82, 2.24) is 10.1 Å². The zero-order valence-electron chi connectivity index (χ0n) is 14.2. The van der Waals surface area contributed by atoms with E-state index in [4.69, 9.17) is 4.98 Å². The number of rotatable bonds is 1. The second-order valence-corrected chi connectivity index (χ2v) is 6.62. The molecule has 0 bridgehead atoms. The van der Waals surface area contributed by atoms with Crippen molar-refractivity contribution >= 4 is 27.3 Å². The van der Waals surface area contributed by atoms with Gasteiger partial charge in [-0.15, -0.1) is 0 Å². The zero-order chi connectivity index (χ0) is 17.0. The van der Waals surface area contributed by atoms with Gasteiger partial charge in [-0.1, -0.05) is 52.5 Å². The van der Waals surface area contributed by atoms with E-state index >= 15 is 0 Å². The maximum Gasteiger partial charge on any atom is 0.262 e. The first kappa shape index (κ1) is 14.2. The van der Waals surface area contributed by atoms with Gasteiger partial charge in [-0.2, -0.15) is 5.10 Å². The van der Waals surface area contributed by atoms with Crippen LogP contribution in [0.3, 0.4) is 0 Å². The Morgan fingerprint density at radius 3 is 2.52 bits per heavy atom. The highest BCUT2D eigenvalue weighted by atomic mass is 15.2. The van der Waals surface area contributed by atoms with Gasteiger partial charge in [0.2, 0.25) is 6.20 Å². The van der Waals surface area contributed by atoms with Crippen LogP contribution < -0.4 is 4.52 Å². The Balaban J connectivity index is 1.87. The average molecular weight is 324 g/mol. The summed E-state index contributed by atoms with van der Waals surface area (Å²) in [4.78, 5) is 4.88. The molecule has 0 unspecified atom stereocenters. The molecular weight excluding hydrogens is 306 g/mol. The molecular formula is C22H18N3+. The fourth-order valence-electron chi connectivity index (χ4n) is 3.57. The van der Waals surface area contributed by atoms with E-state index in [0.29, 0.717) is 0 Å². The molecule has 0 radical (unpaired) electrons. The Morgan fingerprint density at radius 1 is 0.880 bits per heavy atom. The lowest BCUT2D eigenvalue weighted by atomic mass is 10.0. The number of aromatic amines is 1. The highest BCUT2D eigenvalue weighted by Crippen LogP contribution is 2.29. The highest BCUT2D eigenvalue weighted by Gasteiger charge is 2.17. The summed E-state index contributed by atoms with van der Waals surface area (Å²) in [5, 5.41) is 5.89. The van der Waals surface area contributed by atoms with Crippen LogP contribution in [0.1, 0.15) is 11.3 Å². The normalized spacial score (nSPS) is 11.6. The number of aryl methyl sites for hydroxylation is 2. The Labute approximate surface area is 145 Å². The summed E-state index contributed by atoms with van der Waals surface area (Å²) in [6.45, 7) is 4.22. The van der Waals surface area contributed by atoms with E-state index in [1.54, 1.807) is 0 Å².